The van der Waals surface area contributed by atoms with Gasteiger partial charge in [-0.05, 0) is 23.8 Å². The molecule has 4 aromatic rings. The lowest BCUT2D eigenvalue weighted by Crippen LogP contribution is -2.23. The molecule has 2 N–H and O–H groups in total. The monoisotopic (exact) mass is 321 g/mol. The third-order valence-corrected chi connectivity index (χ3v) is 3.92. The van der Waals surface area contributed by atoms with Crippen LogP contribution >= 0.6 is 0 Å². The summed E-state index contributed by atoms with van der Waals surface area (Å²) in [5, 5.41) is 5.18. The molecule has 7 nitrogen and oxygen atoms in total. The van der Waals surface area contributed by atoms with Crippen molar-refractivity contribution in [1.29, 1.82) is 0 Å². The van der Waals surface area contributed by atoms with Crippen LogP contribution in [-0.4, -0.2) is 26.3 Å². The summed E-state index contributed by atoms with van der Waals surface area (Å²) in [4.78, 5) is 17.0. The van der Waals surface area contributed by atoms with E-state index in [4.69, 9.17) is 10.5 Å². The van der Waals surface area contributed by atoms with Crippen molar-refractivity contribution in [3.05, 3.63) is 64.6 Å². The predicted octanol–water partition coefficient (Wildman–Crippen LogP) is 1.68. The molecule has 0 spiro atoms. The van der Waals surface area contributed by atoms with Crippen molar-refractivity contribution in [1.82, 2.24) is 19.2 Å². The fourth-order valence-electron chi connectivity index (χ4n) is 2.74. The van der Waals surface area contributed by atoms with E-state index >= 15 is 0 Å². The molecule has 0 unspecified atom stereocenters. The summed E-state index contributed by atoms with van der Waals surface area (Å²) in [6, 6.07) is 15.1. The summed E-state index contributed by atoms with van der Waals surface area (Å²) in [6.07, 6.45) is 0. The minimum atomic E-state index is -0.316. The van der Waals surface area contributed by atoms with Crippen molar-refractivity contribution in [2.24, 2.45) is 0 Å². The number of anilines is 1. The van der Waals surface area contributed by atoms with Gasteiger partial charge in [0.1, 0.15) is 5.75 Å². The highest BCUT2D eigenvalue weighted by molar-refractivity contribution is 5.93. The van der Waals surface area contributed by atoms with Gasteiger partial charge in [-0.2, -0.15) is 0 Å². The number of ether oxygens (including phenoxy) is 1. The van der Waals surface area contributed by atoms with E-state index in [0.29, 0.717) is 28.8 Å². The molecule has 0 aliphatic rings. The number of nitrogen functional groups attached to an aromatic ring is 1. The van der Waals surface area contributed by atoms with Gasteiger partial charge in [0.25, 0.3) is 0 Å². The first-order valence-corrected chi connectivity index (χ1v) is 7.44. The maximum Gasteiger partial charge on any atom is 0.353 e. The number of nitrogens with two attached hydrogens (primary N) is 1. The van der Waals surface area contributed by atoms with Gasteiger partial charge in [-0.15, -0.1) is 5.10 Å². The number of fused-ring (bicyclic) bond motifs is 3. The predicted molar refractivity (Wildman–Crippen MR) is 91.3 cm³/mol. The Labute approximate surface area is 136 Å². The largest absolute Gasteiger partial charge is 0.497 e. The van der Waals surface area contributed by atoms with Gasteiger partial charge in [0, 0.05) is 5.39 Å². The van der Waals surface area contributed by atoms with Gasteiger partial charge in [0.05, 0.1) is 19.2 Å². The molecule has 0 aliphatic carbocycles. The number of methoxy groups -OCH3 is 1. The molecule has 0 radical (unpaired) electrons. The minimum absolute atomic E-state index is 0.118. The molecule has 0 atom stereocenters. The summed E-state index contributed by atoms with van der Waals surface area (Å²) in [5.74, 6) is 0.785. The third-order valence-electron chi connectivity index (χ3n) is 3.92. The van der Waals surface area contributed by atoms with Gasteiger partial charge >= 0.3 is 5.69 Å². The average molecular weight is 321 g/mol. The lowest BCUT2D eigenvalue weighted by molar-refractivity contribution is 0.415. The van der Waals surface area contributed by atoms with Crippen LogP contribution in [0.25, 0.3) is 16.6 Å². The smallest absolute Gasteiger partial charge is 0.353 e. The molecule has 0 fully saturated rings. The SMILES string of the molecule is COc1ccc2nc(N)n3c(=O)n(Cc4ccccc4)nc3c2c1. The second kappa shape index (κ2) is 5.38. The summed E-state index contributed by atoms with van der Waals surface area (Å²) >= 11 is 0. The van der Waals surface area contributed by atoms with Crippen LogP contribution in [0.15, 0.2) is 53.3 Å². The Morgan fingerprint density at radius 1 is 1.17 bits per heavy atom. The molecule has 4 rings (SSSR count). The van der Waals surface area contributed by atoms with Crippen LogP contribution in [0.4, 0.5) is 5.95 Å². The number of hydrogen-bond donors (Lipinski definition) is 1. The van der Waals surface area contributed by atoms with Crippen LogP contribution in [0.5, 0.6) is 5.75 Å². The van der Waals surface area contributed by atoms with Gasteiger partial charge in [0.2, 0.25) is 5.95 Å². The maximum absolute atomic E-state index is 12.7. The molecule has 2 aromatic heterocycles. The molecule has 0 saturated heterocycles. The molecule has 0 amide bonds. The topological polar surface area (TPSA) is 87.4 Å². The van der Waals surface area contributed by atoms with Gasteiger partial charge in [-0.1, -0.05) is 30.3 Å². The third kappa shape index (κ3) is 2.18. The first-order valence-electron chi connectivity index (χ1n) is 7.44. The van der Waals surface area contributed by atoms with Crippen molar-refractivity contribution in [2.75, 3.05) is 12.8 Å². The summed E-state index contributed by atoms with van der Waals surface area (Å²) < 4.78 is 7.97. The molecule has 2 aromatic carbocycles. The van der Waals surface area contributed by atoms with Crippen LogP contribution in [0.2, 0.25) is 0 Å². The van der Waals surface area contributed by atoms with E-state index in [-0.39, 0.29) is 11.6 Å². The van der Waals surface area contributed by atoms with Gasteiger partial charge in [0.15, 0.2) is 5.65 Å². The quantitative estimate of drug-likeness (QED) is 0.620. The number of rotatable bonds is 3. The zero-order valence-corrected chi connectivity index (χ0v) is 13.0. The van der Waals surface area contributed by atoms with E-state index in [1.54, 1.807) is 25.3 Å². The zero-order chi connectivity index (χ0) is 16.7. The van der Waals surface area contributed by atoms with Crippen LogP contribution < -0.4 is 16.2 Å². The second-order valence-electron chi connectivity index (χ2n) is 5.44. The van der Waals surface area contributed by atoms with Gasteiger partial charge in [-0.3, -0.25) is 0 Å². The number of hydrogen-bond acceptors (Lipinski definition) is 5. The van der Waals surface area contributed by atoms with E-state index in [2.05, 4.69) is 10.1 Å². The molecule has 120 valence electrons. The minimum Gasteiger partial charge on any atom is -0.497 e. The number of nitrogens with zero attached hydrogens (tertiary/aromatic N) is 4. The Hall–Kier alpha value is -3.35. The molecule has 0 bridgehead atoms. The van der Waals surface area contributed by atoms with Crippen molar-refractivity contribution >= 4 is 22.5 Å². The molecule has 0 aliphatic heterocycles. The highest BCUT2D eigenvalue weighted by Crippen LogP contribution is 2.23. The second-order valence-corrected chi connectivity index (χ2v) is 5.44. The summed E-state index contributed by atoms with van der Waals surface area (Å²) in [5.41, 5.74) is 7.77. The Balaban J connectivity index is 1.97. The fourth-order valence-corrected chi connectivity index (χ4v) is 2.74. The highest BCUT2D eigenvalue weighted by atomic mass is 16.5. The molecule has 0 saturated carbocycles. The molecular formula is C17H15N5O2. The van der Waals surface area contributed by atoms with E-state index < -0.39 is 0 Å². The van der Waals surface area contributed by atoms with Crippen molar-refractivity contribution in [2.45, 2.75) is 6.54 Å². The highest BCUT2D eigenvalue weighted by Gasteiger charge is 2.15. The van der Waals surface area contributed by atoms with Crippen molar-refractivity contribution < 1.29 is 4.74 Å². The van der Waals surface area contributed by atoms with Gasteiger partial charge in [-0.25, -0.2) is 18.9 Å². The normalized spacial score (nSPS) is 11.2. The molecular weight excluding hydrogens is 306 g/mol. The molecule has 24 heavy (non-hydrogen) atoms. The number of benzene rings is 2. The Kier molecular flexibility index (Phi) is 3.19. The average Bonchev–Trinajstić information content (AvgIpc) is 2.93. The van der Waals surface area contributed by atoms with Crippen LogP contribution in [0.1, 0.15) is 5.56 Å². The van der Waals surface area contributed by atoms with Crippen molar-refractivity contribution in [3.63, 3.8) is 0 Å². The molecule has 2 heterocycles. The van der Waals surface area contributed by atoms with Gasteiger partial charge < -0.3 is 10.5 Å². The summed E-state index contributed by atoms with van der Waals surface area (Å²) in [7, 11) is 1.59. The lowest BCUT2D eigenvalue weighted by Gasteiger charge is -2.04. The Morgan fingerprint density at radius 2 is 1.96 bits per heavy atom. The van der Waals surface area contributed by atoms with E-state index in [0.717, 1.165) is 5.56 Å². The Bertz CT molecular complexity index is 1100. The van der Waals surface area contributed by atoms with Crippen LogP contribution in [-0.2, 0) is 6.54 Å². The van der Waals surface area contributed by atoms with E-state index in [1.165, 1.54) is 9.08 Å². The maximum atomic E-state index is 12.7. The zero-order valence-electron chi connectivity index (χ0n) is 13.0. The van der Waals surface area contributed by atoms with Crippen molar-refractivity contribution in [3.8, 4) is 5.75 Å². The Morgan fingerprint density at radius 3 is 2.71 bits per heavy atom. The first-order chi connectivity index (χ1) is 11.7. The molecule has 7 heteroatoms. The van der Waals surface area contributed by atoms with E-state index in [9.17, 15) is 4.79 Å². The standard InChI is InChI=1S/C17H15N5O2/c1-24-12-7-8-14-13(9-12)15-20-21(10-11-5-3-2-4-6-11)17(23)22(15)16(18)19-14/h2-9H,10H2,1H3,(H2,18,19). The number of aromatic nitrogens is 4. The summed E-state index contributed by atoms with van der Waals surface area (Å²) in [6.45, 7) is 0.367. The van der Waals surface area contributed by atoms with Crippen LogP contribution in [0, 0.1) is 0 Å². The first kappa shape index (κ1) is 14.3. The van der Waals surface area contributed by atoms with E-state index in [1.807, 2.05) is 30.3 Å². The lowest BCUT2D eigenvalue weighted by atomic mass is 10.2. The fraction of sp³-hybridized carbons (Fsp3) is 0.118. The van der Waals surface area contributed by atoms with Crippen LogP contribution in [0.3, 0.4) is 0 Å².